The molecule has 2 N–H and O–H groups in total. The fourth-order valence-electron chi connectivity index (χ4n) is 1.56. The highest BCUT2D eigenvalue weighted by atomic mass is 19.1. The van der Waals surface area contributed by atoms with Crippen LogP contribution in [0, 0.1) is 12.7 Å². The van der Waals surface area contributed by atoms with Gasteiger partial charge in [-0.15, -0.1) is 0 Å². The molecule has 0 amide bonds. The molecular weight excluding hydrogens is 221 g/mol. The maximum Gasteiger partial charge on any atom is 0.231 e. The number of hydrogen-bond acceptors (Lipinski definition) is 3. The zero-order valence-corrected chi connectivity index (χ0v) is 9.37. The van der Waals surface area contributed by atoms with Crippen LogP contribution < -0.4 is 5.73 Å². The summed E-state index contributed by atoms with van der Waals surface area (Å²) in [5.41, 5.74) is 6.21. The Morgan fingerprint density at radius 2 is 2.12 bits per heavy atom. The third-order valence-corrected chi connectivity index (χ3v) is 2.45. The van der Waals surface area contributed by atoms with Crippen LogP contribution in [0.3, 0.4) is 0 Å². The van der Waals surface area contributed by atoms with E-state index in [2.05, 4.69) is 0 Å². The van der Waals surface area contributed by atoms with Gasteiger partial charge in [-0.3, -0.25) is 4.79 Å². The summed E-state index contributed by atoms with van der Waals surface area (Å²) in [4.78, 5) is 12.0. The summed E-state index contributed by atoms with van der Waals surface area (Å²) in [5, 5.41) is 0. The van der Waals surface area contributed by atoms with Gasteiger partial charge in [0.25, 0.3) is 0 Å². The normalized spacial score (nSPS) is 10.5. The molecule has 0 bridgehead atoms. The second-order valence-corrected chi connectivity index (χ2v) is 3.78. The zero-order chi connectivity index (χ0) is 12.4. The topological polar surface area (TPSA) is 56.2 Å². The highest BCUT2D eigenvalue weighted by molar-refractivity contribution is 6.07. The summed E-state index contributed by atoms with van der Waals surface area (Å²) in [7, 11) is 0. The molecule has 0 aliphatic heterocycles. The van der Waals surface area contributed by atoms with Crippen molar-refractivity contribution in [3.05, 3.63) is 58.8 Å². The second kappa shape index (κ2) is 4.51. The first-order valence-electron chi connectivity index (χ1n) is 5.21. The Balaban J connectivity index is 2.39. The van der Waals surface area contributed by atoms with Crippen LogP contribution >= 0.6 is 0 Å². The first-order chi connectivity index (χ1) is 8.11. The summed E-state index contributed by atoms with van der Waals surface area (Å²) in [6, 6.07) is 7.50. The van der Waals surface area contributed by atoms with Gasteiger partial charge in [-0.25, -0.2) is 4.39 Å². The van der Waals surface area contributed by atoms with Crippen LogP contribution in [0.1, 0.15) is 27.4 Å². The van der Waals surface area contributed by atoms with Gasteiger partial charge in [-0.2, -0.15) is 0 Å². The lowest BCUT2D eigenvalue weighted by atomic mass is 10.1. The van der Waals surface area contributed by atoms with E-state index in [-0.39, 0.29) is 17.9 Å². The molecule has 0 aliphatic rings. The molecule has 0 atom stereocenters. The Morgan fingerprint density at radius 3 is 2.76 bits per heavy atom. The Hall–Kier alpha value is -1.94. The lowest BCUT2D eigenvalue weighted by Crippen LogP contribution is -2.03. The van der Waals surface area contributed by atoms with E-state index in [4.69, 9.17) is 10.2 Å². The number of carbonyl (C=O) groups is 1. The SMILES string of the molecule is Cc1ccc(F)c(C(=O)c2ccc(CN)o2)c1. The Kier molecular flexibility index (Phi) is 3.06. The van der Waals surface area contributed by atoms with Crippen molar-refractivity contribution in [1.29, 1.82) is 0 Å². The van der Waals surface area contributed by atoms with Crippen LogP contribution in [0.2, 0.25) is 0 Å². The van der Waals surface area contributed by atoms with E-state index in [0.29, 0.717) is 5.76 Å². The highest BCUT2D eigenvalue weighted by Crippen LogP contribution is 2.17. The average Bonchev–Trinajstić information content (AvgIpc) is 2.80. The number of furan rings is 1. The van der Waals surface area contributed by atoms with Gasteiger partial charge in [0.1, 0.15) is 11.6 Å². The number of halogens is 1. The van der Waals surface area contributed by atoms with Crippen molar-refractivity contribution in [3.63, 3.8) is 0 Å². The van der Waals surface area contributed by atoms with E-state index < -0.39 is 11.6 Å². The zero-order valence-electron chi connectivity index (χ0n) is 9.37. The van der Waals surface area contributed by atoms with Crippen LogP contribution in [0.4, 0.5) is 4.39 Å². The van der Waals surface area contributed by atoms with Crippen molar-refractivity contribution < 1.29 is 13.6 Å². The molecule has 0 saturated carbocycles. The van der Waals surface area contributed by atoms with Gasteiger partial charge in [0, 0.05) is 0 Å². The molecule has 2 rings (SSSR count). The van der Waals surface area contributed by atoms with Gasteiger partial charge in [-0.05, 0) is 31.2 Å². The van der Waals surface area contributed by atoms with Crippen LogP contribution in [-0.2, 0) is 6.54 Å². The quantitative estimate of drug-likeness (QED) is 0.828. The molecule has 0 spiro atoms. The third kappa shape index (κ3) is 2.26. The molecule has 88 valence electrons. The largest absolute Gasteiger partial charge is 0.456 e. The van der Waals surface area contributed by atoms with E-state index in [0.717, 1.165) is 5.56 Å². The first-order valence-corrected chi connectivity index (χ1v) is 5.21. The second-order valence-electron chi connectivity index (χ2n) is 3.78. The summed E-state index contributed by atoms with van der Waals surface area (Å²) >= 11 is 0. The number of aryl methyl sites for hydroxylation is 1. The summed E-state index contributed by atoms with van der Waals surface area (Å²) < 4.78 is 18.7. The van der Waals surface area contributed by atoms with Crippen molar-refractivity contribution in [2.24, 2.45) is 5.73 Å². The minimum absolute atomic E-state index is 0.0166. The molecule has 1 aromatic carbocycles. The van der Waals surface area contributed by atoms with E-state index in [1.54, 1.807) is 19.1 Å². The smallest absolute Gasteiger partial charge is 0.231 e. The highest BCUT2D eigenvalue weighted by Gasteiger charge is 2.17. The van der Waals surface area contributed by atoms with Crippen molar-refractivity contribution in [3.8, 4) is 0 Å². The van der Waals surface area contributed by atoms with Gasteiger partial charge in [0.05, 0.1) is 12.1 Å². The average molecular weight is 233 g/mol. The minimum Gasteiger partial charge on any atom is -0.456 e. The lowest BCUT2D eigenvalue weighted by Gasteiger charge is -2.01. The molecule has 17 heavy (non-hydrogen) atoms. The number of carbonyl (C=O) groups excluding carboxylic acids is 1. The van der Waals surface area contributed by atoms with Gasteiger partial charge in [-0.1, -0.05) is 11.6 Å². The molecular formula is C13H12FNO2. The van der Waals surface area contributed by atoms with E-state index >= 15 is 0 Å². The lowest BCUT2D eigenvalue weighted by molar-refractivity contribution is 0.100. The Morgan fingerprint density at radius 1 is 1.35 bits per heavy atom. The number of ketones is 1. The fourth-order valence-corrected chi connectivity index (χ4v) is 1.56. The monoisotopic (exact) mass is 233 g/mol. The van der Waals surface area contributed by atoms with Gasteiger partial charge in [0.2, 0.25) is 5.78 Å². The maximum atomic E-state index is 13.5. The Bertz CT molecular complexity index is 560. The number of hydrogen-bond donors (Lipinski definition) is 1. The van der Waals surface area contributed by atoms with Crippen molar-refractivity contribution in [1.82, 2.24) is 0 Å². The summed E-state index contributed by atoms with van der Waals surface area (Å²) in [5.74, 6) is -0.409. The van der Waals surface area contributed by atoms with Gasteiger partial charge >= 0.3 is 0 Å². The molecule has 2 aromatic rings. The first kappa shape index (κ1) is 11.5. The van der Waals surface area contributed by atoms with Crippen molar-refractivity contribution in [2.75, 3.05) is 0 Å². The predicted octanol–water partition coefficient (Wildman–Crippen LogP) is 2.42. The predicted molar refractivity (Wildman–Crippen MR) is 61.2 cm³/mol. The molecule has 4 heteroatoms. The molecule has 0 fully saturated rings. The van der Waals surface area contributed by atoms with Crippen LogP contribution in [0.15, 0.2) is 34.7 Å². The van der Waals surface area contributed by atoms with Gasteiger partial charge < -0.3 is 10.2 Å². The third-order valence-electron chi connectivity index (χ3n) is 2.45. The van der Waals surface area contributed by atoms with E-state index in [9.17, 15) is 9.18 Å². The van der Waals surface area contributed by atoms with E-state index in [1.165, 1.54) is 18.2 Å². The number of nitrogens with two attached hydrogens (primary N) is 1. The Labute approximate surface area is 98.0 Å². The number of rotatable bonds is 3. The van der Waals surface area contributed by atoms with Crippen LogP contribution in [0.25, 0.3) is 0 Å². The van der Waals surface area contributed by atoms with Gasteiger partial charge in [0.15, 0.2) is 5.76 Å². The molecule has 0 aliphatic carbocycles. The molecule has 0 radical (unpaired) electrons. The molecule has 0 unspecified atom stereocenters. The molecule has 1 heterocycles. The fraction of sp³-hybridized carbons (Fsp3) is 0.154. The molecule has 0 saturated heterocycles. The summed E-state index contributed by atoms with van der Waals surface area (Å²) in [6.45, 7) is 2.01. The maximum absolute atomic E-state index is 13.5. The van der Waals surface area contributed by atoms with Crippen LogP contribution in [0.5, 0.6) is 0 Å². The van der Waals surface area contributed by atoms with Crippen molar-refractivity contribution >= 4 is 5.78 Å². The van der Waals surface area contributed by atoms with Crippen LogP contribution in [-0.4, -0.2) is 5.78 Å². The molecule has 1 aromatic heterocycles. The number of benzene rings is 1. The minimum atomic E-state index is -0.550. The van der Waals surface area contributed by atoms with Crippen molar-refractivity contribution in [2.45, 2.75) is 13.5 Å². The summed E-state index contributed by atoms with van der Waals surface area (Å²) in [6.07, 6.45) is 0. The molecule has 3 nitrogen and oxygen atoms in total. The standard InChI is InChI=1S/C13H12FNO2/c1-8-2-4-11(14)10(6-8)13(16)12-5-3-9(7-15)17-12/h2-6H,7,15H2,1H3. The van der Waals surface area contributed by atoms with E-state index in [1.807, 2.05) is 0 Å².